The van der Waals surface area contributed by atoms with Gasteiger partial charge in [0.25, 0.3) is 0 Å². The number of methoxy groups -OCH3 is 2. The number of aryl methyl sites for hydroxylation is 1. The molecule has 0 bridgehead atoms. The highest BCUT2D eigenvalue weighted by Crippen LogP contribution is 2.36. The minimum atomic E-state index is -0.920. The summed E-state index contributed by atoms with van der Waals surface area (Å²) in [5, 5.41) is 2.92. The Bertz CT molecular complexity index is 1530. The molecule has 15 nitrogen and oxygen atoms in total. The van der Waals surface area contributed by atoms with Crippen LogP contribution in [0.15, 0.2) is 30.7 Å². The Morgan fingerprint density at radius 2 is 1.72 bits per heavy atom. The van der Waals surface area contributed by atoms with E-state index < -0.39 is 41.4 Å². The van der Waals surface area contributed by atoms with Gasteiger partial charge in [0.2, 0.25) is 11.8 Å². The third-order valence-electron chi connectivity index (χ3n) is 10.0. The van der Waals surface area contributed by atoms with E-state index in [2.05, 4.69) is 24.1 Å². The van der Waals surface area contributed by atoms with Crippen molar-refractivity contribution in [2.75, 3.05) is 53.9 Å². The Morgan fingerprint density at radius 1 is 1.00 bits per heavy atom. The molecular formula is C39H61N5O10. The van der Waals surface area contributed by atoms with Gasteiger partial charge in [0.05, 0.1) is 43.8 Å². The lowest BCUT2D eigenvalue weighted by atomic mass is 9.80. The van der Waals surface area contributed by atoms with Crippen LogP contribution in [0.5, 0.6) is 11.5 Å². The molecule has 15 heteroatoms. The van der Waals surface area contributed by atoms with Gasteiger partial charge < -0.3 is 44.0 Å². The predicted molar refractivity (Wildman–Crippen MR) is 201 cm³/mol. The van der Waals surface area contributed by atoms with E-state index in [0.29, 0.717) is 44.0 Å². The molecular weight excluding hydrogens is 698 g/mol. The van der Waals surface area contributed by atoms with Gasteiger partial charge in [0.15, 0.2) is 11.5 Å². The van der Waals surface area contributed by atoms with Crippen molar-refractivity contribution >= 4 is 23.9 Å². The highest BCUT2D eigenvalue weighted by atomic mass is 16.6. The highest BCUT2D eigenvalue weighted by molar-refractivity contribution is 5.87. The first-order valence-electron chi connectivity index (χ1n) is 18.6. The summed E-state index contributed by atoms with van der Waals surface area (Å²) in [6.07, 6.45) is 4.12. The number of ether oxygens (including phenoxy) is 6. The van der Waals surface area contributed by atoms with Crippen molar-refractivity contribution < 1.29 is 47.6 Å². The Morgan fingerprint density at radius 3 is 2.33 bits per heavy atom. The van der Waals surface area contributed by atoms with Crippen molar-refractivity contribution in [3.63, 3.8) is 0 Å². The molecule has 4 unspecified atom stereocenters. The van der Waals surface area contributed by atoms with E-state index in [0.717, 1.165) is 12.0 Å². The molecule has 1 aliphatic heterocycles. The van der Waals surface area contributed by atoms with Crippen LogP contribution in [0, 0.1) is 29.1 Å². The third kappa shape index (κ3) is 12.6. The van der Waals surface area contributed by atoms with Crippen LogP contribution in [0.1, 0.15) is 76.9 Å². The fourth-order valence-electron chi connectivity index (χ4n) is 6.26. The molecule has 3 amide bonds. The Hall–Kier alpha value is -4.37. The number of carbonyl (C=O) groups excluding carboxylic acids is 4. The Kier molecular flexibility index (Phi) is 17.1. The number of nitrogens with two attached hydrogens (primary N) is 1. The zero-order valence-electron chi connectivity index (χ0n) is 33.4. The maximum atomic E-state index is 13.6. The topological polar surface area (TPSA) is 183 Å². The van der Waals surface area contributed by atoms with E-state index in [1.165, 1.54) is 17.1 Å². The number of hydrogen-bond donors (Lipinski definition) is 2. The fraction of sp³-hybridized carbons (Fsp3) is 0.667. The van der Waals surface area contributed by atoms with E-state index >= 15 is 0 Å². The van der Waals surface area contributed by atoms with Crippen LogP contribution in [0.3, 0.4) is 0 Å². The van der Waals surface area contributed by atoms with Crippen molar-refractivity contribution in [1.29, 1.82) is 0 Å². The van der Waals surface area contributed by atoms with Gasteiger partial charge in [0, 0.05) is 39.6 Å². The summed E-state index contributed by atoms with van der Waals surface area (Å²) >= 11 is 0. The largest absolute Gasteiger partial charge is 0.493 e. The van der Waals surface area contributed by atoms with Crippen LogP contribution < -0.4 is 20.5 Å². The molecule has 0 saturated carbocycles. The molecule has 1 fully saturated rings. The average Bonchev–Trinajstić information content (AvgIpc) is 3.74. The highest BCUT2D eigenvalue weighted by Gasteiger charge is 2.43. The summed E-state index contributed by atoms with van der Waals surface area (Å²) in [5.41, 5.74) is 5.96. The lowest BCUT2D eigenvalue weighted by Crippen LogP contribution is -2.47. The number of nitrogens with one attached hydrogen (secondary N) is 1. The minimum absolute atomic E-state index is 0.0308. The van der Waals surface area contributed by atoms with Crippen molar-refractivity contribution in [3.05, 3.63) is 42.0 Å². The zero-order valence-corrected chi connectivity index (χ0v) is 33.4. The number of aromatic nitrogens is 2. The van der Waals surface area contributed by atoms with Crippen LogP contribution in [-0.2, 0) is 42.0 Å². The number of imidazole rings is 1. The lowest BCUT2D eigenvalue weighted by molar-refractivity contribution is -0.130. The van der Waals surface area contributed by atoms with Crippen molar-refractivity contribution in [3.8, 4) is 11.5 Å². The second-order valence-corrected chi connectivity index (χ2v) is 15.2. The van der Waals surface area contributed by atoms with Gasteiger partial charge in [-0.3, -0.25) is 14.5 Å². The minimum Gasteiger partial charge on any atom is -0.493 e. The zero-order chi connectivity index (χ0) is 40.0. The average molecular weight is 760 g/mol. The Labute approximate surface area is 319 Å². The number of primary amides is 1. The molecule has 1 aliphatic rings. The normalized spacial score (nSPS) is 17.0. The molecule has 3 rings (SSSR count). The number of esters is 1. The van der Waals surface area contributed by atoms with Crippen molar-refractivity contribution in [2.24, 2.45) is 41.9 Å². The SMILES string of the molecule is COCCCOc1cc(CC(CC2C(CC(C(=O)NCC(C)(C)C(N)=O)C(C)C)OCN2C(=O)OCCOC(=O)c2cncn2C)C(C)C)ccc1OC. The first kappa shape index (κ1) is 44.0. The Balaban J connectivity index is 1.81. The molecule has 0 aliphatic carbocycles. The van der Waals surface area contributed by atoms with Crippen LogP contribution in [0.25, 0.3) is 0 Å². The van der Waals surface area contributed by atoms with Gasteiger partial charge in [-0.1, -0.05) is 33.8 Å². The monoisotopic (exact) mass is 759 g/mol. The summed E-state index contributed by atoms with van der Waals surface area (Å²) in [6.45, 7) is 12.4. The van der Waals surface area contributed by atoms with Gasteiger partial charge in [-0.2, -0.15) is 0 Å². The number of amides is 3. The quantitative estimate of drug-likeness (QED) is 0.129. The van der Waals surface area contributed by atoms with Crippen LogP contribution in [-0.4, -0.2) is 104 Å². The summed E-state index contributed by atoms with van der Waals surface area (Å²) < 4.78 is 35.5. The molecule has 3 N–H and O–H groups in total. The molecule has 4 atom stereocenters. The standard InChI is InChI=1S/C39H61N5O10/c1-25(2)28(17-27-11-12-32(50-9)34(18-27)51-14-10-13-49-8)19-30-33(20-29(26(3)4)35(45)42-22-39(5,6)37(40)47)54-24-44(30)38(48)53-16-15-52-36(46)31-21-41-23-43(31)7/h11-12,18,21,23,25-26,28-30,33H,10,13-17,19-20,22,24H2,1-9H3,(H2,40,47)(H,42,45). The van der Waals surface area contributed by atoms with E-state index in [9.17, 15) is 19.2 Å². The van der Waals surface area contributed by atoms with Crippen LogP contribution >= 0.6 is 0 Å². The van der Waals surface area contributed by atoms with E-state index in [1.54, 1.807) is 40.0 Å². The van der Waals surface area contributed by atoms with Gasteiger partial charge in [-0.15, -0.1) is 0 Å². The number of rotatable bonds is 22. The molecule has 1 aromatic heterocycles. The summed E-state index contributed by atoms with van der Waals surface area (Å²) in [5.74, 6) is -0.249. The van der Waals surface area contributed by atoms with E-state index in [-0.39, 0.29) is 55.8 Å². The van der Waals surface area contributed by atoms with Gasteiger partial charge in [0.1, 0.15) is 25.6 Å². The van der Waals surface area contributed by atoms with Gasteiger partial charge in [-0.05, 0) is 68.6 Å². The first-order chi connectivity index (χ1) is 25.6. The summed E-state index contributed by atoms with van der Waals surface area (Å²) in [6, 6.07) is 5.48. The second kappa shape index (κ2) is 20.9. The fourth-order valence-corrected chi connectivity index (χ4v) is 6.26. The van der Waals surface area contributed by atoms with Crippen LogP contribution in [0.2, 0.25) is 0 Å². The third-order valence-corrected chi connectivity index (χ3v) is 10.0. The number of nitrogens with zero attached hydrogens (tertiary/aromatic N) is 3. The van der Waals surface area contributed by atoms with Gasteiger partial charge >= 0.3 is 12.1 Å². The van der Waals surface area contributed by atoms with E-state index in [4.69, 9.17) is 34.2 Å². The van der Waals surface area contributed by atoms with Crippen molar-refractivity contribution in [2.45, 2.75) is 79.4 Å². The molecule has 2 aromatic rings. The number of hydrogen-bond acceptors (Lipinski definition) is 11. The lowest BCUT2D eigenvalue weighted by Gasteiger charge is -2.33. The first-order valence-corrected chi connectivity index (χ1v) is 18.6. The molecule has 302 valence electrons. The molecule has 0 radical (unpaired) electrons. The maximum Gasteiger partial charge on any atom is 0.412 e. The molecule has 1 aromatic carbocycles. The maximum absolute atomic E-state index is 13.6. The van der Waals surface area contributed by atoms with Crippen molar-refractivity contribution in [1.82, 2.24) is 19.8 Å². The predicted octanol–water partition coefficient (Wildman–Crippen LogP) is 4.36. The van der Waals surface area contributed by atoms with Crippen LogP contribution in [0.4, 0.5) is 4.79 Å². The van der Waals surface area contributed by atoms with E-state index in [1.807, 2.05) is 32.0 Å². The van der Waals surface area contributed by atoms with Gasteiger partial charge in [-0.25, -0.2) is 14.6 Å². The number of carbonyl (C=O) groups is 4. The molecule has 0 spiro atoms. The summed E-state index contributed by atoms with van der Waals surface area (Å²) in [4.78, 5) is 57.0. The molecule has 2 heterocycles. The molecule has 54 heavy (non-hydrogen) atoms. The number of benzene rings is 1. The smallest absolute Gasteiger partial charge is 0.412 e. The summed E-state index contributed by atoms with van der Waals surface area (Å²) in [7, 11) is 4.94. The molecule has 1 saturated heterocycles. The second-order valence-electron chi connectivity index (χ2n) is 15.2.